The molecule has 0 radical (unpaired) electrons. The van der Waals surface area contributed by atoms with Gasteiger partial charge in [-0.3, -0.25) is 14.9 Å². The summed E-state index contributed by atoms with van der Waals surface area (Å²) in [5.74, 6) is 0.0501. The fourth-order valence-corrected chi connectivity index (χ4v) is 3.62. The number of thioether (sulfide) groups is 1. The maximum atomic E-state index is 12.3. The maximum Gasteiger partial charge on any atom is 0.259 e. The fourth-order valence-electron chi connectivity index (χ4n) is 2.07. The van der Waals surface area contributed by atoms with Crippen molar-refractivity contribution < 1.29 is 4.79 Å². The Bertz CT molecular complexity index is 966. The van der Waals surface area contributed by atoms with E-state index in [0.717, 1.165) is 5.01 Å². The van der Waals surface area contributed by atoms with Crippen molar-refractivity contribution >= 4 is 45.0 Å². The van der Waals surface area contributed by atoms with Gasteiger partial charge in [-0.1, -0.05) is 49.1 Å². The summed E-state index contributed by atoms with van der Waals surface area (Å²) in [6, 6.07) is 7.10. The van der Waals surface area contributed by atoms with Crippen LogP contribution in [0.2, 0.25) is 0 Å². The predicted octanol–water partition coefficient (Wildman–Crippen LogP) is 3.02. The van der Waals surface area contributed by atoms with Crippen LogP contribution in [0.25, 0.3) is 10.9 Å². The third kappa shape index (κ3) is 4.05. The predicted molar refractivity (Wildman–Crippen MR) is 100 cm³/mol. The number of hydrogen-bond donors (Lipinski definition) is 2. The van der Waals surface area contributed by atoms with E-state index in [1.54, 1.807) is 25.1 Å². The topological polar surface area (TPSA) is 101 Å². The average Bonchev–Trinajstić information content (AvgIpc) is 3.03. The lowest BCUT2D eigenvalue weighted by molar-refractivity contribution is -0.115. The lowest BCUT2D eigenvalue weighted by Crippen LogP contribution is -2.23. The van der Waals surface area contributed by atoms with E-state index in [0.29, 0.717) is 21.2 Å². The molecule has 1 unspecified atom stereocenters. The molecule has 7 nitrogen and oxygen atoms in total. The van der Waals surface area contributed by atoms with Crippen molar-refractivity contribution in [3.05, 3.63) is 39.6 Å². The molecule has 2 heterocycles. The number of aromatic amines is 1. The number of aromatic nitrogens is 4. The summed E-state index contributed by atoms with van der Waals surface area (Å²) < 4.78 is 0. The minimum atomic E-state index is -0.448. The molecule has 2 aromatic heterocycles. The molecule has 2 N–H and O–H groups in total. The first-order valence-corrected chi connectivity index (χ1v) is 9.43. The molecule has 25 heavy (non-hydrogen) atoms. The number of carbonyl (C=O) groups is 1. The number of hydrogen-bond acceptors (Lipinski definition) is 7. The Morgan fingerprint density at radius 3 is 2.72 bits per heavy atom. The monoisotopic (exact) mass is 375 g/mol. The highest BCUT2D eigenvalue weighted by Crippen LogP contribution is 2.25. The zero-order valence-corrected chi connectivity index (χ0v) is 15.6. The number of anilines is 1. The van der Waals surface area contributed by atoms with E-state index >= 15 is 0 Å². The van der Waals surface area contributed by atoms with Crippen molar-refractivity contribution in [3.8, 4) is 0 Å². The van der Waals surface area contributed by atoms with E-state index in [2.05, 4.69) is 25.5 Å². The van der Waals surface area contributed by atoms with Crippen molar-refractivity contribution in [2.45, 2.75) is 37.1 Å². The number of nitrogens with zero attached hydrogens (tertiary/aromatic N) is 3. The zero-order valence-electron chi connectivity index (χ0n) is 13.9. The Balaban J connectivity index is 1.71. The second-order valence-corrected chi connectivity index (χ2v) is 8.08. The summed E-state index contributed by atoms with van der Waals surface area (Å²) >= 11 is 2.55. The number of para-hydroxylation sites is 1. The van der Waals surface area contributed by atoms with Gasteiger partial charge in [-0.05, 0) is 19.1 Å². The Kier molecular flexibility index (Phi) is 5.14. The summed E-state index contributed by atoms with van der Waals surface area (Å²) in [5, 5.41) is 12.6. The van der Waals surface area contributed by atoms with E-state index in [4.69, 9.17) is 0 Å². The van der Waals surface area contributed by atoms with Crippen molar-refractivity contribution in [1.82, 2.24) is 20.2 Å². The normalized spacial score (nSPS) is 12.5. The minimum absolute atomic E-state index is 0.215. The molecule has 0 saturated carbocycles. The van der Waals surface area contributed by atoms with Gasteiger partial charge in [0.1, 0.15) is 5.01 Å². The molecule has 0 aliphatic rings. The molecule has 1 aromatic carbocycles. The van der Waals surface area contributed by atoms with Gasteiger partial charge < -0.3 is 4.98 Å². The van der Waals surface area contributed by atoms with Crippen LogP contribution in [0.5, 0.6) is 0 Å². The van der Waals surface area contributed by atoms with Crippen molar-refractivity contribution in [3.63, 3.8) is 0 Å². The Labute approximate surface area is 152 Å². The second-order valence-electron chi connectivity index (χ2n) is 5.74. The molecular weight excluding hydrogens is 358 g/mol. The fraction of sp³-hybridized carbons (Fsp3) is 0.312. The molecule has 1 amide bonds. The molecule has 0 aliphatic carbocycles. The molecule has 130 valence electrons. The molecule has 0 spiro atoms. The first-order valence-electron chi connectivity index (χ1n) is 7.74. The molecular formula is C16H17N5O2S2. The van der Waals surface area contributed by atoms with Gasteiger partial charge in [0.15, 0.2) is 5.16 Å². The van der Waals surface area contributed by atoms with Gasteiger partial charge in [-0.2, -0.15) is 0 Å². The highest BCUT2D eigenvalue weighted by atomic mass is 32.2. The maximum absolute atomic E-state index is 12.3. The molecule has 0 saturated heterocycles. The lowest BCUT2D eigenvalue weighted by atomic mass is 10.2. The zero-order chi connectivity index (χ0) is 18.0. The number of carbonyl (C=O) groups excluding carboxylic acids is 1. The smallest absolute Gasteiger partial charge is 0.259 e. The Hall–Kier alpha value is -2.26. The Morgan fingerprint density at radius 2 is 2.00 bits per heavy atom. The molecule has 0 bridgehead atoms. The molecule has 9 heteroatoms. The van der Waals surface area contributed by atoms with Crippen LogP contribution < -0.4 is 10.9 Å². The van der Waals surface area contributed by atoms with Crippen LogP contribution >= 0.6 is 23.1 Å². The van der Waals surface area contributed by atoms with Gasteiger partial charge in [0, 0.05) is 5.92 Å². The number of rotatable bonds is 5. The van der Waals surface area contributed by atoms with Gasteiger partial charge in [-0.25, -0.2) is 4.98 Å². The van der Waals surface area contributed by atoms with Crippen LogP contribution in [0.4, 0.5) is 5.13 Å². The molecule has 0 fully saturated rings. The van der Waals surface area contributed by atoms with E-state index in [9.17, 15) is 9.59 Å². The van der Waals surface area contributed by atoms with Crippen LogP contribution in [0.15, 0.2) is 34.2 Å². The molecule has 3 rings (SSSR count). The first-order chi connectivity index (χ1) is 11.9. The Morgan fingerprint density at radius 1 is 1.24 bits per heavy atom. The van der Waals surface area contributed by atoms with Crippen molar-refractivity contribution in [2.24, 2.45) is 0 Å². The van der Waals surface area contributed by atoms with Gasteiger partial charge in [0.2, 0.25) is 11.0 Å². The van der Waals surface area contributed by atoms with Crippen LogP contribution in [0.3, 0.4) is 0 Å². The third-order valence-corrected chi connectivity index (χ3v) is 5.54. The minimum Gasteiger partial charge on any atom is -0.301 e. The molecule has 3 aromatic rings. The summed E-state index contributed by atoms with van der Waals surface area (Å²) in [6.07, 6.45) is 0. The van der Waals surface area contributed by atoms with Crippen molar-refractivity contribution in [1.29, 1.82) is 0 Å². The van der Waals surface area contributed by atoms with Gasteiger partial charge >= 0.3 is 0 Å². The summed E-state index contributed by atoms with van der Waals surface area (Å²) in [5.41, 5.74) is 0.387. The average molecular weight is 375 g/mol. The molecule has 1 atom stereocenters. The van der Waals surface area contributed by atoms with Gasteiger partial charge in [0.25, 0.3) is 5.56 Å². The number of nitrogens with one attached hydrogen (secondary N) is 2. The number of amides is 1. The van der Waals surface area contributed by atoms with Crippen molar-refractivity contribution in [2.75, 3.05) is 5.32 Å². The van der Waals surface area contributed by atoms with E-state index in [1.807, 2.05) is 19.9 Å². The summed E-state index contributed by atoms with van der Waals surface area (Å²) in [7, 11) is 0. The van der Waals surface area contributed by atoms with Gasteiger partial charge in [-0.15, -0.1) is 10.2 Å². The SMILES string of the molecule is CC(Sc1nc2ccccc2c(=O)[nH]1)C(=O)Nc1nnc(C(C)C)s1. The number of H-pyrrole nitrogens is 1. The first kappa shape index (κ1) is 17.6. The highest BCUT2D eigenvalue weighted by Gasteiger charge is 2.18. The quantitative estimate of drug-likeness (QED) is 0.525. The van der Waals surface area contributed by atoms with Crippen LogP contribution in [0.1, 0.15) is 31.7 Å². The van der Waals surface area contributed by atoms with E-state index in [1.165, 1.54) is 23.1 Å². The van der Waals surface area contributed by atoms with E-state index in [-0.39, 0.29) is 17.4 Å². The standard InChI is InChI=1S/C16H17N5O2S2/c1-8(2)14-20-21-16(25-14)18-12(22)9(3)24-15-17-11-7-5-4-6-10(11)13(23)19-15/h4-9H,1-3H3,(H,17,19,23)(H,18,21,22). The largest absolute Gasteiger partial charge is 0.301 e. The lowest BCUT2D eigenvalue weighted by Gasteiger charge is -2.09. The van der Waals surface area contributed by atoms with Crippen LogP contribution in [-0.2, 0) is 4.79 Å². The van der Waals surface area contributed by atoms with Crippen LogP contribution in [0, 0.1) is 0 Å². The summed E-state index contributed by atoms with van der Waals surface area (Å²) in [4.78, 5) is 31.5. The van der Waals surface area contributed by atoms with E-state index < -0.39 is 5.25 Å². The highest BCUT2D eigenvalue weighted by molar-refractivity contribution is 8.00. The second kappa shape index (κ2) is 7.32. The molecule has 0 aliphatic heterocycles. The third-order valence-electron chi connectivity index (χ3n) is 3.41. The number of benzene rings is 1. The number of fused-ring (bicyclic) bond motifs is 1. The van der Waals surface area contributed by atoms with Gasteiger partial charge in [0.05, 0.1) is 16.2 Å². The van der Waals surface area contributed by atoms with Crippen LogP contribution in [-0.4, -0.2) is 31.3 Å². The summed E-state index contributed by atoms with van der Waals surface area (Å²) in [6.45, 7) is 5.79.